The maximum Gasteiger partial charge on any atom is 0.371 e. The second-order valence-electron chi connectivity index (χ2n) is 3.45. The van der Waals surface area contributed by atoms with E-state index < -0.39 is 5.97 Å². The van der Waals surface area contributed by atoms with Crippen LogP contribution in [0.5, 0.6) is 0 Å². The minimum atomic E-state index is -1.08. The summed E-state index contributed by atoms with van der Waals surface area (Å²) in [5, 5.41) is 12.3. The largest absolute Gasteiger partial charge is 0.475 e. The Hall–Kier alpha value is -1.94. The Balaban J connectivity index is 2.00. The minimum absolute atomic E-state index is 0.0846. The average molecular weight is 252 g/mol. The van der Waals surface area contributed by atoms with Crippen molar-refractivity contribution < 1.29 is 14.3 Å². The van der Waals surface area contributed by atoms with Gasteiger partial charge in [-0.1, -0.05) is 23.7 Å². The summed E-state index contributed by atoms with van der Waals surface area (Å²) in [6.07, 6.45) is 0. The second kappa shape index (κ2) is 4.93. The molecule has 2 rings (SSSR count). The molecular formula is C12H10ClNO3. The number of furan rings is 1. The van der Waals surface area contributed by atoms with Gasteiger partial charge in [0.1, 0.15) is 0 Å². The molecule has 0 aliphatic heterocycles. The average Bonchev–Trinajstić information content (AvgIpc) is 2.75. The van der Waals surface area contributed by atoms with E-state index in [0.717, 1.165) is 5.56 Å². The molecule has 4 nitrogen and oxygen atoms in total. The van der Waals surface area contributed by atoms with Gasteiger partial charge in [0, 0.05) is 17.6 Å². The van der Waals surface area contributed by atoms with E-state index in [9.17, 15) is 4.79 Å². The molecule has 2 N–H and O–H groups in total. The molecule has 1 heterocycles. The van der Waals surface area contributed by atoms with Crippen LogP contribution < -0.4 is 5.32 Å². The number of nitrogens with one attached hydrogen (secondary N) is 1. The van der Waals surface area contributed by atoms with Crippen LogP contribution in [0.1, 0.15) is 16.1 Å². The van der Waals surface area contributed by atoms with Crippen LogP contribution in [0.3, 0.4) is 0 Å². The van der Waals surface area contributed by atoms with Gasteiger partial charge in [-0.15, -0.1) is 0 Å². The van der Waals surface area contributed by atoms with Crippen molar-refractivity contribution in [2.75, 3.05) is 5.32 Å². The summed E-state index contributed by atoms with van der Waals surface area (Å²) >= 11 is 5.84. The molecule has 0 radical (unpaired) electrons. The molecule has 0 unspecified atom stereocenters. The van der Waals surface area contributed by atoms with Crippen molar-refractivity contribution in [3.63, 3.8) is 0 Å². The first kappa shape index (κ1) is 11.5. The second-order valence-corrected chi connectivity index (χ2v) is 3.89. The minimum Gasteiger partial charge on any atom is -0.475 e. The van der Waals surface area contributed by atoms with E-state index in [1.165, 1.54) is 6.07 Å². The Morgan fingerprint density at radius 1 is 1.35 bits per heavy atom. The van der Waals surface area contributed by atoms with E-state index in [-0.39, 0.29) is 5.76 Å². The molecule has 0 bridgehead atoms. The third-order valence-corrected chi connectivity index (χ3v) is 2.41. The standard InChI is InChI=1S/C12H10ClNO3/c13-9-3-1-2-8(6-9)7-14-11-5-4-10(17-11)12(15)16/h1-6,14H,7H2,(H,15,16). The van der Waals surface area contributed by atoms with Crippen LogP contribution in [-0.4, -0.2) is 11.1 Å². The number of halogens is 1. The maximum absolute atomic E-state index is 10.6. The molecule has 0 spiro atoms. The van der Waals surface area contributed by atoms with E-state index in [4.69, 9.17) is 21.1 Å². The summed E-state index contributed by atoms with van der Waals surface area (Å²) < 4.78 is 5.05. The first-order valence-corrected chi connectivity index (χ1v) is 5.34. The zero-order valence-electron chi connectivity index (χ0n) is 8.81. The van der Waals surface area contributed by atoms with Crippen LogP contribution >= 0.6 is 11.6 Å². The van der Waals surface area contributed by atoms with Crippen molar-refractivity contribution in [3.05, 3.63) is 52.7 Å². The number of hydrogen-bond acceptors (Lipinski definition) is 3. The summed E-state index contributed by atoms with van der Waals surface area (Å²) in [4.78, 5) is 10.6. The molecular weight excluding hydrogens is 242 g/mol. The van der Waals surface area contributed by atoms with E-state index in [1.807, 2.05) is 18.2 Å². The number of carboxylic acids is 1. The summed E-state index contributed by atoms with van der Waals surface area (Å²) in [5.74, 6) is -0.748. The molecule has 88 valence electrons. The Kier molecular flexibility index (Phi) is 3.35. The van der Waals surface area contributed by atoms with Crippen molar-refractivity contribution in [2.24, 2.45) is 0 Å². The molecule has 0 saturated carbocycles. The van der Waals surface area contributed by atoms with Crippen LogP contribution in [0.2, 0.25) is 5.02 Å². The summed E-state index contributed by atoms with van der Waals surface area (Å²) in [5.41, 5.74) is 0.991. The molecule has 0 fully saturated rings. The molecule has 0 aliphatic rings. The normalized spacial score (nSPS) is 10.2. The lowest BCUT2D eigenvalue weighted by Gasteiger charge is -2.03. The van der Waals surface area contributed by atoms with E-state index in [0.29, 0.717) is 17.5 Å². The number of hydrogen-bond donors (Lipinski definition) is 2. The lowest BCUT2D eigenvalue weighted by atomic mass is 10.2. The monoisotopic (exact) mass is 251 g/mol. The molecule has 1 aromatic heterocycles. The predicted molar refractivity (Wildman–Crippen MR) is 64.4 cm³/mol. The lowest BCUT2D eigenvalue weighted by Crippen LogP contribution is -1.98. The molecule has 17 heavy (non-hydrogen) atoms. The Morgan fingerprint density at radius 3 is 2.82 bits per heavy atom. The SMILES string of the molecule is O=C(O)c1ccc(NCc2cccc(Cl)c2)o1. The third kappa shape index (κ3) is 3.01. The zero-order chi connectivity index (χ0) is 12.3. The van der Waals surface area contributed by atoms with Gasteiger partial charge in [0.05, 0.1) is 0 Å². The van der Waals surface area contributed by atoms with Crippen molar-refractivity contribution in [2.45, 2.75) is 6.54 Å². The highest BCUT2D eigenvalue weighted by atomic mass is 35.5. The number of carbonyl (C=O) groups is 1. The van der Waals surface area contributed by atoms with Crippen LogP contribution in [0, 0.1) is 0 Å². The van der Waals surface area contributed by atoms with Crippen molar-refractivity contribution in [1.82, 2.24) is 0 Å². The smallest absolute Gasteiger partial charge is 0.371 e. The van der Waals surface area contributed by atoms with E-state index in [2.05, 4.69) is 5.32 Å². The van der Waals surface area contributed by atoms with E-state index in [1.54, 1.807) is 12.1 Å². The Morgan fingerprint density at radius 2 is 2.18 bits per heavy atom. The highest BCUT2D eigenvalue weighted by molar-refractivity contribution is 6.30. The van der Waals surface area contributed by atoms with Gasteiger partial charge in [-0.25, -0.2) is 4.79 Å². The first-order valence-electron chi connectivity index (χ1n) is 4.96. The van der Waals surface area contributed by atoms with E-state index >= 15 is 0 Å². The summed E-state index contributed by atoms with van der Waals surface area (Å²) in [6.45, 7) is 0.521. The first-order chi connectivity index (χ1) is 8.15. The van der Waals surface area contributed by atoms with Gasteiger partial charge in [-0.05, 0) is 23.8 Å². The van der Waals surface area contributed by atoms with Gasteiger partial charge in [-0.2, -0.15) is 0 Å². The molecule has 5 heteroatoms. The number of aromatic carboxylic acids is 1. The highest BCUT2D eigenvalue weighted by Crippen LogP contribution is 2.16. The summed E-state index contributed by atoms with van der Waals surface area (Å²) in [7, 11) is 0. The van der Waals surface area contributed by atoms with Crippen molar-refractivity contribution in [1.29, 1.82) is 0 Å². The van der Waals surface area contributed by atoms with Crippen LogP contribution in [-0.2, 0) is 6.54 Å². The van der Waals surface area contributed by atoms with Crippen molar-refractivity contribution in [3.8, 4) is 0 Å². The predicted octanol–water partition coefficient (Wildman–Crippen LogP) is 3.24. The van der Waals surface area contributed by atoms with Crippen LogP contribution in [0.4, 0.5) is 5.88 Å². The van der Waals surface area contributed by atoms with Gasteiger partial charge in [-0.3, -0.25) is 0 Å². The highest BCUT2D eigenvalue weighted by Gasteiger charge is 2.08. The molecule has 2 aromatic rings. The molecule has 1 aromatic carbocycles. The number of carboxylic acid groups (broad SMARTS) is 1. The van der Waals surface area contributed by atoms with Gasteiger partial charge in [0.25, 0.3) is 0 Å². The van der Waals surface area contributed by atoms with Gasteiger partial charge in [0.15, 0.2) is 5.88 Å². The maximum atomic E-state index is 10.6. The molecule has 0 saturated heterocycles. The molecule has 0 aliphatic carbocycles. The zero-order valence-corrected chi connectivity index (χ0v) is 9.57. The topological polar surface area (TPSA) is 62.5 Å². The fourth-order valence-corrected chi connectivity index (χ4v) is 1.60. The number of anilines is 1. The quantitative estimate of drug-likeness (QED) is 0.876. The Labute approximate surface area is 103 Å². The number of rotatable bonds is 4. The summed E-state index contributed by atoms with van der Waals surface area (Å²) in [6, 6.07) is 10.4. The fraction of sp³-hybridized carbons (Fsp3) is 0.0833. The van der Waals surface area contributed by atoms with Gasteiger partial charge in [0.2, 0.25) is 5.76 Å². The van der Waals surface area contributed by atoms with Crippen LogP contribution in [0.15, 0.2) is 40.8 Å². The van der Waals surface area contributed by atoms with Gasteiger partial charge >= 0.3 is 5.97 Å². The molecule has 0 atom stereocenters. The Bertz CT molecular complexity index is 536. The van der Waals surface area contributed by atoms with Gasteiger partial charge < -0.3 is 14.8 Å². The van der Waals surface area contributed by atoms with Crippen LogP contribution in [0.25, 0.3) is 0 Å². The van der Waals surface area contributed by atoms with Crippen molar-refractivity contribution >= 4 is 23.5 Å². The third-order valence-electron chi connectivity index (χ3n) is 2.17. The lowest BCUT2D eigenvalue weighted by molar-refractivity contribution is 0.0663. The number of benzene rings is 1. The fourth-order valence-electron chi connectivity index (χ4n) is 1.38. The molecule has 0 amide bonds.